The maximum absolute atomic E-state index is 13.8. The van der Waals surface area contributed by atoms with E-state index in [0.29, 0.717) is 39.8 Å². The number of hydrogen-bond acceptors (Lipinski definition) is 8. The summed E-state index contributed by atoms with van der Waals surface area (Å²) in [6.45, 7) is 3.84. The Labute approximate surface area is 213 Å². The number of thiazole rings is 1. The Morgan fingerprint density at radius 1 is 1.06 bits per heavy atom. The molecule has 9 heteroatoms. The van der Waals surface area contributed by atoms with E-state index in [4.69, 9.17) is 14.2 Å². The zero-order valence-electron chi connectivity index (χ0n) is 20.8. The van der Waals surface area contributed by atoms with Crippen LogP contribution in [-0.2, 0) is 11.2 Å². The van der Waals surface area contributed by atoms with E-state index in [2.05, 4.69) is 4.98 Å². The first-order valence-electron chi connectivity index (χ1n) is 11.4. The molecule has 1 amide bonds. The quantitative estimate of drug-likeness (QED) is 0.422. The second-order valence-corrected chi connectivity index (χ2v) is 9.54. The van der Waals surface area contributed by atoms with Gasteiger partial charge in [0.25, 0.3) is 5.91 Å². The third-order valence-electron chi connectivity index (χ3n) is 6.15. The molecule has 8 nitrogen and oxygen atoms in total. The van der Waals surface area contributed by atoms with E-state index in [1.165, 1.54) is 37.6 Å². The number of Topliss-reactive ketones (excluding diaryl/α,β-unsaturated/α-hetero) is 1. The topological polar surface area (TPSA) is 98.2 Å². The van der Waals surface area contributed by atoms with Gasteiger partial charge in [-0.3, -0.25) is 9.59 Å². The smallest absolute Gasteiger partial charge is 0.290 e. The number of benzene rings is 2. The highest BCUT2D eigenvalue weighted by Gasteiger charge is 2.45. The van der Waals surface area contributed by atoms with Crippen molar-refractivity contribution in [2.24, 2.45) is 0 Å². The van der Waals surface area contributed by atoms with Crippen LogP contribution in [-0.4, -0.2) is 54.6 Å². The first-order chi connectivity index (χ1) is 17.3. The Morgan fingerprint density at radius 2 is 1.69 bits per heavy atom. The third kappa shape index (κ3) is 4.54. The molecule has 0 spiro atoms. The van der Waals surface area contributed by atoms with Gasteiger partial charge in [-0.15, -0.1) is 11.3 Å². The largest absolute Gasteiger partial charge is 0.503 e. The van der Waals surface area contributed by atoms with Crippen LogP contribution >= 0.6 is 11.3 Å². The number of ketones is 1. The van der Waals surface area contributed by atoms with E-state index in [9.17, 15) is 14.7 Å². The van der Waals surface area contributed by atoms with Gasteiger partial charge in [-0.05, 0) is 43.5 Å². The van der Waals surface area contributed by atoms with E-state index in [1.807, 2.05) is 37.3 Å². The molecule has 188 valence electrons. The van der Waals surface area contributed by atoms with Gasteiger partial charge in [-0.2, -0.15) is 0 Å². The molecule has 4 rings (SSSR count). The van der Waals surface area contributed by atoms with Gasteiger partial charge in [0, 0.05) is 6.54 Å². The Morgan fingerprint density at radius 3 is 2.22 bits per heavy atom. The highest BCUT2D eigenvalue weighted by Crippen LogP contribution is 2.46. The molecule has 3 aromatic rings. The van der Waals surface area contributed by atoms with Crippen molar-refractivity contribution >= 4 is 23.0 Å². The number of aliphatic hydroxyl groups is 1. The number of methoxy groups -OCH3 is 3. The number of aliphatic hydroxyl groups excluding tert-OH is 1. The van der Waals surface area contributed by atoms with E-state index in [-0.39, 0.29) is 12.1 Å². The molecule has 1 N–H and O–H groups in total. The average Bonchev–Trinajstić information content (AvgIpc) is 3.36. The van der Waals surface area contributed by atoms with Gasteiger partial charge in [0.2, 0.25) is 11.5 Å². The number of carbonyl (C=O) groups is 2. The summed E-state index contributed by atoms with van der Waals surface area (Å²) < 4.78 is 16.5. The van der Waals surface area contributed by atoms with E-state index in [1.54, 1.807) is 19.1 Å². The van der Waals surface area contributed by atoms with Crippen LogP contribution in [0.25, 0.3) is 0 Å². The van der Waals surface area contributed by atoms with Crippen LogP contribution in [0.1, 0.15) is 37.5 Å². The van der Waals surface area contributed by atoms with E-state index in [0.717, 1.165) is 10.6 Å². The lowest BCUT2D eigenvalue weighted by Crippen LogP contribution is -2.33. The third-order valence-corrected chi connectivity index (χ3v) is 7.22. The monoisotopic (exact) mass is 508 g/mol. The van der Waals surface area contributed by atoms with Crippen molar-refractivity contribution in [3.63, 3.8) is 0 Å². The number of nitrogens with zero attached hydrogens (tertiary/aromatic N) is 2. The minimum absolute atomic E-state index is 0.00841. The number of ether oxygens (including phenoxy) is 3. The fourth-order valence-corrected chi connectivity index (χ4v) is 5.35. The zero-order valence-corrected chi connectivity index (χ0v) is 21.6. The van der Waals surface area contributed by atoms with Gasteiger partial charge >= 0.3 is 0 Å². The van der Waals surface area contributed by atoms with Crippen molar-refractivity contribution in [2.75, 3.05) is 27.9 Å². The molecule has 0 bridgehead atoms. The molecule has 0 saturated heterocycles. The van der Waals surface area contributed by atoms with Crippen molar-refractivity contribution in [3.05, 3.63) is 80.5 Å². The fourth-order valence-electron chi connectivity index (χ4n) is 4.48. The van der Waals surface area contributed by atoms with Crippen LogP contribution in [0.15, 0.2) is 53.8 Å². The molecular weight excluding hydrogens is 480 g/mol. The molecule has 2 aromatic carbocycles. The van der Waals surface area contributed by atoms with E-state index >= 15 is 0 Å². The maximum Gasteiger partial charge on any atom is 0.290 e. The lowest BCUT2D eigenvalue weighted by molar-refractivity contribution is -0.129. The average molecular weight is 509 g/mol. The summed E-state index contributed by atoms with van der Waals surface area (Å²) in [7, 11) is 4.49. The highest BCUT2D eigenvalue weighted by atomic mass is 32.1. The summed E-state index contributed by atoms with van der Waals surface area (Å²) >= 11 is 1.24. The van der Waals surface area contributed by atoms with Gasteiger partial charge in [0.15, 0.2) is 17.3 Å². The molecule has 0 fully saturated rings. The van der Waals surface area contributed by atoms with Gasteiger partial charge in [0.1, 0.15) is 0 Å². The summed E-state index contributed by atoms with van der Waals surface area (Å²) in [6.07, 6.45) is 0.543. The molecule has 1 aromatic heterocycles. The number of aromatic nitrogens is 1. The SMILES string of the molecule is COc1cc(C2C(C(=O)c3sc(C)nc3C)=C(O)C(=O)N2CCc2ccccc2)cc(OC)c1OC. The van der Waals surface area contributed by atoms with Gasteiger partial charge in [-0.1, -0.05) is 30.3 Å². The predicted octanol–water partition coefficient (Wildman–Crippen LogP) is 4.61. The lowest BCUT2D eigenvalue weighted by Gasteiger charge is -2.28. The van der Waals surface area contributed by atoms with Crippen molar-refractivity contribution in [1.82, 2.24) is 9.88 Å². The summed E-state index contributed by atoms with van der Waals surface area (Å²) in [5.41, 5.74) is 2.15. The predicted molar refractivity (Wildman–Crippen MR) is 136 cm³/mol. The van der Waals surface area contributed by atoms with Crippen LogP contribution in [0.3, 0.4) is 0 Å². The number of carbonyl (C=O) groups excluding carboxylic acids is 2. The number of aryl methyl sites for hydroxylation is 2. The molecule has 0 radical (unpaired) electrons. The van der Waals surface area contributed by atoms with Crippen molar-refractivity contribution in [2.45, 2.75) is 26.3 Å². The van der Waals surface area contributed by atoms with Gasteiger partial charge in [0.05, 0.1) is 48.5 Å². The first kappa shape index (κ1) is 25.2. The fraction of sp³-hybridized carbons (Fsp3) is 0.296. The van der Waals surface area contributed by atoms with Crippen LogP contribution in [0.2, 0.25) is 0 Å². The Hall–Kier alpha value is -3.85. The Bertz CT molecular complexity index is 1310. The second-order valence-electron chi connectivity index (χ2n) is 8.33. The molecule has 1 aliphatic rings. The van der Waals surface area contributed by atoms with Crippen LogP contribution in [0.5, 0.6) is 17.2 Å². The zero-order chi connectivity index (χ0) is 26.0. The Balaban J connectivity index is 1.84. The molecule has 1 atom stereocenters. The van der Waals surface area contributed by atoms with Crippen LogP contribution in [0, 0.1) is 13.8 Å². The van der Waals surface area contributed by atoms with Crippen molar-refractivity contribution in [3.8, 4) is 17.2 Å². The van der Waals surface area contributed by atoms with Crippen LogP contribution < -0.4 is 14.2 Å². The summed E-state index contributed by atoms with van der Waals surface area (Å²) in [5, 5.41) is 11.7. The van der Waals surface area contributed by atoms with Gasteiger partial charge in [-0.25, -0.2) is 4.98 Å². The molecule has 0 saturated carbocycles. The minimum Gasteiger partial charge on any atom is -0.503 e. The second kappa shape index (κ2) is 10.4. The van der Waals surface area contributed by atoms with E-state index < -0.39 is 23.5 Å². The normalized spacial score (nSPS) is 15.4. The lowest BCUT2D eigenvalue weighted by atomic mass is 9.94. The minimum atomic E-state index is -0.857. The van der Waals surface area contributed by atoms with Crippen molar-refractivity contribution in [1.29, 1.82) is 0 Å². The molecule has 0 aliphatic carbocycles. The number of rotatable bonds is 9. The molecular formula is C27H28N2O6S. The van der Waals surface area contributed by atoms with Crippen molar-refractivity contribution < 1.29 is 28.9 Å². The summed E-state index contributed by atoms with van der Waals surface area (Å²) in [4.78, 5) is 33.4. The van der Waals surface area contributed by atoms with Gasteiger partial charge < -0.3 is 24.2 Å². The number of amides is 1. The summed E-state index contributed by atoms with van der Waals surface area (Å²) in [5.74, 6) is -0.441. The molecule has 1 aliphatic heterocycles. The molecule has 1 unspecified atom stereocenters. The highest BCUT2D eigenvalue weighted by molar-refractivity contribution is 7.14. The molecule has 2 heterocycles. The first-order valence-corrected chi connectivity index (χ1v) is 12.2. The maximum atomic E-state index is 13.8. The molecule has 36 heavy (non-hydrogen) atoms. The summed E-state index contributed by atoms with van der Waals surface area (Å²) in [6, 6.07) is 12.3. The number of hydrogen-bond donors (Lipinski definition) is 1. The Kier molecular flexibility index (Phi) is 7.30. The van der Waals surface area contributed by atoms with Crippen LogP contribution in [0.4, 0.5) is 0 Å². The standard InChI is InChI=1S/C27H28N2O6S/c1-15-26(36-16(2)28-15)23(30)21-22(18-13-19(33-3)25(35-5)20(14-18)34-4)29(27(32)24(21)31)12-11-17-9-7-6-8-10-17/h6-10,13-14,22,31H,11-12H2,1-5H3.